The molecule has 1 aliphatic rings. The zero-order valence-corrected chi connectivity index (χ0v) is 10.2. The number of benzene rings is 1. The fourth-order valence-corrected chi connectivity index (χ4v) is 1.96. The van der Waals surface area contributed by atoms with Gasteiger partial charge in [0.1, 0.15) is 0 Å². The summed E-state index contributed by atoms with van der Waals surface area (Å²) in [5.41, 5.74) is 6.75. The highest BCUT2D eigenvalue weighted by Crippen LogP contribution is 2.33. The second-order valence-corrected chi connectivity index (χ2v) is 4.53. The fraction of sp³-hybridized carbons (Fsp3) is 0.462. The molecule has 0 saturated heterocycles. The van der Waals surface area contributed by atoms with Gasteiger partial charge in [0, 0.05) is 6.04 Å². The highest BCUT2D eigenvalue weighted by atomic mass is 16.5. The number of nitrogens with two attached hydrogens (primary N) is 1. The van der Waals surface area contributed by atoms with Gasteiger partial charge in [0.05, 0.1) is 18.4 Å². The van der Waals surface area contributed by atoms with Gasteiger partial charge >= 0.3 is 0 Å². The third-order valence-electron chi connectivity index (χ3n) is 3.18. The first-order valence-electron chi connectivity index (χ1n) is 5.87. The molecule has 1 unspecified atom stereocenters. The van der Waals surface area contributed by atoms with Crippen molar-refractivity contribution in [3.8, 4) is 5.75 Å². The first kappa shape index (κ1) is 11.8. The van der Waals surface area contributed by atoms with E-state index < -0.39 is 0 Å². The monoisotopic (exact) mass is 234 g/mol. The van der Waals surface area contributed by atoms with Crippen molar-refractivity contribution in [3.05, 3.63) is 23.8 Å². The van der Waals surface area contributed by atoms with Crippen LogP contribution in [0.25, 0.3) is 0 Å². The fourth-order valence-electron chi connectivity index (χ4n) is 1.96. The number of rotatable bonds is 4. The van der Waals surface area contributed by atoms with Gasteiger partial charge in [-0.05, 0) is 37.8 Å². The summed E-state index contributed by atoms with van der Waals surface area (Å²) < 4.78 is 5.17. The molecule has 1 aromatic carbocycles. The standard InChI is InChI=1S/C13H18N2O2/c1-8(9-6-7-9)15-13(16)10-4-3-5-11(14)12(10)17-2/h3-5,8-9H,6-7,14H2,1-2H3,(H,15,16). The van der Waals surface area contributed by atoms with E-state index in [2.05, 4.69) is 5.32 Å². The van der Waals surface area contributed by atoms with Gasteiger partial charge in [0.2, 0.25) is 0 Å². The molecular weight excluding hydrogens is 216 g/mol. The number of hydrogen-bond donors (Lipinski definition) is 2. The number of nitrogens with one attached hydrogen (secondary N) is 1. The molecule has 1 fully saturated rings. The molecule has 4 nitrogen and oxygen atoms in total. The second-order valence-electron chi connectivity index (χ2n) is 4.53. The molecule has 0 aliphatic heterocycles. The van der Waals surface area contributed by atoms with E-state index in [0.717, 1.165) is 0 Å². The maximum atomic E-state index is 12.1. The van der Waals surface area contributed by atoms with Crippen molar-refractivity contribution in [1.29, 1.82) is 0 Å². The van der Waals surface area contributed by atoms with Crippen molar-refractivity contribution in [2.75, 3.05) is 12.8 Å². The van der Waals surface area contributed by atoms with Crippen molar-refractivity contribution in [1.82, 2.24) is 5.32 Å². The number of carbonyl (C=O) groups is 1. The lowest BCUT2D eigenvalue weighted by Gasteiger charge is -2.15. The normalized spacial score (nSPS) is 16.4. The lowest BCUT2D eigenvalue weighted by Crippen LogP contribution is -2.34. The van der Waals surface area contributed by atoms with Gasteiger partial charge in [0.25, 0.3) is 5.91 Å². The number of anilines is 1. The van der Waals surface area contributed by atoms with Crippen LogP contribution in [0.15, 0.2) is 18.2 Å². The van der Waals surface area contributed by atoms with Crippen LogP contribution in [0.4, 0.5) is 5.69 Å². The lowest BCUT2D eigenvalue weighted by atomic mass is 10.1. The number of para-hydroxylation sites is 1. The first-order valence-corrected chi connectivity index (χ1v) is 5.87. The van der Waals surface area contributed by atoms with Gasteiger partial charge in [-0.1, -0.05) is 6.07 Å². The molecule has 0 spiro atoms. The van der Waals surface area contributed by atoms with Gasteiger partial charge in [-0.3, -0.25) is 4.79 Å². The van der Waals surface area contributed by atoms with Gasteiger partial charge < -0.3 is 15.8 Å². The first-order chi connectivity index (χ1) is 8.13. The highest BCUT2D eigenvalue weighted by molar-refractivity contribution is 5.98. The van der Waals surface area contributed by atoms with Crippen molar-refractivity contribution in [2.45, 2.75) is 25.8 Å². The molecule has 1 aliphatic carbocycles. The van der Waals surface area contributed by atoms with Crippen molar-refractivity contribution in [2.24, 2.45) is 5.92 Å². The third kappa shape index (κ3) is 2.52. The average Bonchev–Trinajstić information content (AvgIpc) is 3.12. The summed E-state index contributed by atoms with van der Waals surface area (Å²) in [6, 6.07) is 5.42. The van der Waals surface area contributed by atoms with E-state index in [1.54, 1.807) is 18.2 Å². The molecule has 0 heterocycles. The van der Waals surface area contributed by atoms with Crippen LogP contribution in [0.3, 0.4) is 0 Å². The van der Waals surface area contributed by atoms with Crippen LogP contribution in [0, 0.1) is 5.92 Å². The maximum absolute atomic E-state index is 12.1. The van der Waals surface area contributed by atoms with E-state index in [0.29, 0.717) is 22.9 Å². The Morgan fingerprint density at radius 2 is 2.24 bits per heavy atom. The number of ether oxygens (including phenoxy) is 1. The van der Waals surface area contributed by atoms with Crippen LogP contribution >= 0.6 is 0 Å². The molecule has 0 radical (unpaired) electrons. The van der Waals surface area contributed by atoms with E-state index >= 15 is 0 Å². The maximum Gasteiger partial charge on any atom is 0.255 e. The Labute approximate surface area is 101 Å². The smallest absolute Gasteiger partial charge is 0.255 e. The Balaban J connectivity index is 2.15. The predicted molar refractivity (Wildman–Crippen MR) is 67.1 cm³/mol. The minimum absolute atomic E-state index is 0.117. The van der Waals surface area contributed by atoms with E-state index in [1.807, 2.05) is 6.92 Å². The predicted octanol–water partition coefficient (Wildman–Crippen LogP) is 1.81. The number of methoxy groups -OCH3 is 1. The Morgan fingerprint density at radius 1 is 1.53 bits per heavy atom. The highest BCUT2D eigenvalue weighted by Gasteiger charge is 2.29. The Hall–Kier alpha value is -1.71. The molecule has 1 aromatic rings. The van der Waals surface area contributed by atoms with E-state index in [-0.39, 0.29) is 11.9 Å². The Morgan fingerprint density at radius 3 is 2.82 bits per heavy atom. The molecule has 0 aromatic heterocycles. The molecule has 92 valence electrons. The zero-order valence-electron chi connectivity index (χ0n) is 10.2. The van der Waals surface area contributed by atoms with Crippen molar-refractivity contribution in [3.63, 3.8) is 0 Å². The van der Waals surface area contributed by atoms with Crippen LogP contribution in [0.5, 0.6) is 5.75 Å². The zero-order chi connectivity index (χ0) is 12.4. The third-order valence-corrected chi connectivity index (χ3v) is 3.18. The summed E-state index contributed by atoms with van der Waals surface area (Å²) in [6.45, 7) is 2.04. The number of nitrogen functional groups attached to an aromatic ring is 1. The van der Waals surface area contributed by atoms with E-state index in [1.165, 1.54) is 20.0 Å². The van der Waals surface area contributed by atoms with Crippen LogP contribution < -0.4 is 15.8 Å². The van der Waals surface area contributed by atoms with Gasteiger partial charge in [-0.15, -0.1) is 0 Å². The van der Waals surface area contributed by atoms with Crippen LogP contribution in [-0.2, 0) is 0 Å². The van der Waals surface area contributed by atoms with Crippen molar-refractivity contribution < 1.29 is 9.53 Å². The Kier molecular flexibility index (Phi) is 3.22. The van der Waals surface area contributed by atoms with Crippen molar-refractivity contribution >= 4 is 11.6 Å². The van der Waals surface area contributed by atoms with Gasteiger partial charge in [-0.25, -0.2) is 0 Å². The number of carbonyl (C=O) groups excluding carboxylic acids is 1. The molecule has 17 heavy (non-hydrogen) atoms. The SMILES string of the molecule is COc1c(N)cccc1C(=O)NC(C)C1CC1. The summed E-state index contributed by atoms with van der Waals surface area (Å²) in [6.07, 6.45) is 2.41. The summed E-state index contributed by atoms with van der Waals surface area (Å²) in [4.78, 5) is 12.1. The topological polar surface area (TPSA) is 64.3 Å². The van der Waals surface area contributed by atoms with E-state index in [4.69, 9.17) is 10.5 Å². The minimum atomic E-state index is -0.117. The molecule has 3 N–H and O–H groups in total. The molecule has 4 heteroatoms. The molecule has 0 bridgehead atoms. The summed E-state index contributed by atoms with van der Waals surface area (Å²) >= 11 is 0. The number of hydrogen-bond acceptors (Lipinski definition) is 3. The molecule has 1 amide bonds. The molecule has 1 atom stereocenters. The second kappa shape index (κ2) is 4.65. The lowest BCUT2D eigenvalue weighted by molar-refractivity contribution is 0.0933. The largest absolute Gasteiger partial charge is 0.494 e. The molecule has 1 saturated carbocycles. The van der Waals surface area contributed by atoms with Gasteiger partial charge in [0.15, 0.2) is 5.75 Å². The summed E-state index contributed by atoms with van der Waals surface area (Å²) in [7, 11) is 1.52. The molecule has 2 rings (SSSR count). The quantitative estimate of drug-likeness (QED) is 0.781. The minimum Gasteiger partial charge on any atom is -0.494 e. The molecular formula is C13H18N2O2. The van der Waals surface area contributed by atoms with Crippen LogP contribution in [0.2, 0.25) is 0 Å². The van der Waals surface area contributed by atoms with Crippen LogP contribution in [0.1, 0.15) is 30.1 Å². The Bertz CT molecular complexity index is 427. The average molecular weight is 234 g/mol. The van der Waals surface area contributed by atoms with Gasteiger partial charge in [-0.2, -0.15) is 0 Å². The summed E-state index contributed by atoms with van der Waals surface area (Å²) in [5, 5.41) is 2.99. The number of amides is 1. The van der Waals surface area contributed by atoms with Crippen LogP contribution in [-0.4, -0.2) is 19.1 Å². The summed E-state index contributed by atoms with van der Waals surface area (Å²) in [5.74, 6) is 0.965. The van der Waals surface area contributed by atoms with E-state index in [9.17, 15) is 4.79 Å².